The molecule has 0 saturated carbocycles. The van der Waals surface area contributed by atoms with Crippen molar-refractivity contribution < 1.29 is 4.74 Å². The number of benzene rings is 2. The number of hydrogen-bond donors (Lipinski definition) is 0. The van der Waals surface area contributed by atoms with Gasteiger partial charge in [-0.1, -0.05) is 36.1 Å². The van der Waals surface area contributed by atoms with E-state index in [4.69, 9.17) is 21.6 Å². The Bertz CT molecular complexity index is 707. The summed E-state index contributed by atoms with van der Waals surface area (Å²) in [4.78, 5) is 0. The zero-order valence-electron chi connectivity index (χ0n) is 11.5. The van der Waals surface area contributed by atoms with Gasteiger partial charge in [-0.2, -0.15) is 5.26 Å². The number of para-hydroxylation sites is 1. The molecule has 104 valence electrons. The second-order valence-electron chi connectivity index (χ2n) is 4.34. The SMILES string of the molecule is N#Cc1cccc(COc2ccccc2C#CCCCl)c1. The fourth-order valence-electron chi connectivity index (χ4n) is 1.79. The first-order valence-corrected chi connectivity index (χ1v) is 7.12. The van der Waals surface area contributed by atoms with Crippen LogP contribution < -0.4 is 4.74 Å². The molecule has 0 bridgehead atoms. The van der Waals surface area contributed by atoms with Crippen LogP contribution in [0.1, 0.15) is 23.1 Å². The van der Waals surface area contributed by atoms with Gasteiger partial charge in [0.15, 0.2) is 0 Å². The van der Waals surface area contributed by atoms with Crippen LogP contribution in [0.5, 0.6) is 5.75 Å². The first kappa shape index (κ1) is 15.0. The number of alkyl halides is 1. The molecule has 0 aliphatic heterocycles. The second kappa shape index (κ2) is 8.00. The molecule has 0 fully saturated rings. The summed E-state index contributed by atoms with van der Waals surface area (Å²) in [7, 11) is 0. The summed E-state index contributed by atoms with van der Waals surface area (Å²) in [6, 6.07) is 17.1. The highest BCUT2D eigenvalue weighted by atomic mass is 35.5. The van der Waals surface area contributed by atoms with Crippen LogP contribution in [-0.2, 0) is 6.61 Å². The van der Waals surface area contributed by atoms with Crippen molar-refractivity contribution in [2.24, 2.45) is 0 Å². The molecule has 0 saturated heterocycles. The summed E-state index contributed by atoms with van der Waals surface area (Å²) in [6.07, 6.45) is 0.653. The lowest BCUT2D eigenvalue weighted by atomic mass is 10.1. The summed E-state index contributed by atoms with van der Waals surface area (Å²) in [6.45, 7) is 0.406. The summed E-state index contributed by atoms with van der Waals surface area (Å²) in [5, 5.41) is 8.89. The predicted molar refractivity (Wildman–Crippen MR) is 84.1 cm³/mol. The normalized spacial score (nSPS) is 9.33. The molecule has 2 aromatic carbocycles. The molecule has 2 nitrogen and oxygen atoms in total. The van der Waals surface area contributed by atoms with Gasteiger partial charge in [0.25, 0.3) is 0 Å². The lowest BCUT2D eigenvalue weighted by Gasteiger charge is -2.08. The lowest BCUT2D eigenvalue weighted by Crippen LogP contribution is -1.97. The fourth-order valence-corrected chi connectivity index (χ4v) is 1.89. The van der Waals surface area contributed by atoms with Gasteiger partial charge in [-0.05, 0) is 29.8 Å². The van der Waals surface area contributed by atoms with Crippen molar-refractivity contribution in [3.05, 3.63) is 65.2 Å². The Morgan fingerprint density at radius 1 is 1.10 bits per heavy atom. The Balaban J connectivity index is 2.10. The number of hydrogen-bond acceptors (Lipinski definition) is 2. The Hall–Kier alpha value is -2.42. The molecule has 0 spiro atoms. The van der Waals surface area contributed by atoms with Crippen LogP contribution in [0, 0.1) is 23.2 Å². The lowest BCUT2D eigenvalue weighted by molar-refractivity contribution is 0.305. The zero-order valence-corrected chi connectivity index (χ0v) is 12.2. The molecule has 2 aromatic rings. The molecular weight excluding hydrogens is 282 g/mol. The zero-order chi connectivity index (χ0) is 14.9. The van der Waals surface area contributed by atoms with Crippen molar-refractivity contribution in [3.63, 3.8) is 0 Å². The van der Waals surface area contributed by atoms with Crippen LogP contribution in [0.25, 0.3) is 0 Å². The topological polar surface area (TPSA) is 33.0 Å². The van der Waals surface area contributed by atoms with E-state index < -0.39 is 0 Å². The first-order valence-electron chi connectivity index (χ1n) is 6.59. The highest BCUT2D eigenvalue weighted by molar-refractivity contribution is 6.18. The molecule has 0 aliphatic rings. The van der Waals surface area contributed by atoms with Gasteiger partial charge in [-0.3, -0.25) is 0 Å². The summed E-state index contributed by atoms with van der Waals surface area (Å²) in [5.74, 6) is 7.33. The molecule has 0 aromatic heterocycles. The van der Waals surface area contributed by atoms with Gasteiger partial charge in [-0.25, -0.2) is 0 Å². The molecule has 2 rings (SSSR count). The van der Waals surface area contributed by atoms with E-state index in [0.717, 1.165) is 16.9 Å². The minimum atomic E-state index is 0.406. The predicted octanol–water partition coefficient (Wildman–Crippen LogP) is 4.12. The number of nitriles is 1. The van der Waals surface area contributed by atoms with E-state index in [1.807, 2.05) is 42.5 Å². The minimum absolute atomic E-state index is 0.406. The smallest absolute Gasteiger partial charge is 0.135 e. The third kappa shape index (κ3) is 4.56. The monoisotopic (exact) mass is 295 g/mol. The van der Waals surface area contributed by atoms with Crippen molar-refractivity contribution in [3.8, 4) is 23.7 Å². The highest BCUT2D eigenvalue weighted by Crippen LogP contribution is 2.18. The average Bonchev–Trinajstić information content (AvgIpc) is 2.54. The number of ether oxygens (including phenoxy) is 1. The standard InChI is InChI=1S/C18H14ClNO/c19-11-4-3-9-17-8-1-2-10-18(17)21-14-16-7-5-6-15(12-16)13-20/h1-2,5-8,10,12H,4,11,14H2. The van der Waals surface area contributed by atoms with Crippen molar-refractivity contribution in [2.75, 3.05) is 5.88 Å². The largest absolute Gasteiger partial charge is 0.488 e. The van der Waals surface area contributed by atoms with Gasteiger partial charge in [0, 0.05) is 12.3 Å². The van der Waals surface area contributed by atoms with Crippen LogP contribution in [0.2, 0.25) is 0 Å². The molecule has 0 atom stereocenters. The third-order valence-electron chi connectivity index (χ3n) is 2.78. The average molecular weight is 296 g/mol. The van der Waals surface area contributed by atoms with Crippen LogP contribution in [0.4, 0.5) is 0 Å². The van der Waals surface area contributed by atoms with Crippen LogP contribution in [0.3, 0.4) is 0 Å². The van der Waals surface area contributed by atoms with Gasteiger partial charge < -0.3 is 4.74 Å². The number of halogens is 1. The van der Waals surface area contributed by atoms with E-state index in [1.54, 1.807) is 6.07 Å². The van der Waals surface area contributed by atoms with Crippen molar-refractivity contribution in [2.45, 2.75) is 13.0 Å². The minimum Gasteiger partial charge on any atom is -0.488 e. The third-order valence-corrected chi connectivity index (χ3v) is 2.97. The molecule has 3 heteroatoms. The van der Waals surface area contributed by atoms with Crippen molar-refractivity contribution >= 4 is 11.6 Å². The van der Waals surface area contributed by atoms with Gasteiger partial charge >= 0.3 is 0 Å². The Kier molecular flexibility index (Phi) is 5.71. The first-order chi connectivity index (χ1) is 10.3. The maximum Gasteiger partial charge on any atom is 0.135 e. The molecular formula is C18H14ClNO. The molecule has 0 unspecified atom stereocenters. The number of nitrogens with zero attached hydrogens (tertiary/aromatic N) is 1. The summed E-state index contributed by atoms with van der Waals surface area (Å²) >= 11 is 5.62. The summed E-state index contributed by atoms with van der Waals surface area (Å²) in [5.41, 5.74) is 2.43. The van der Waals surface area contributed by atoms with Crippen LogP contribution in [-0.4, -0.2) is 5.88 Å². The molecule has 0 radical (unpaired) electrons. The maximum absolute atomic E-state index is 8.89. The van der Waals surface area contributed by atoms with E-state index in [-0.39, 0.29) is 0 Å². The molecule has 0 heterocycles. The molecule has 0 amide bonds. The quantitative estimate of drug-likeness (QED) is 0.628. The Labute approximate surface area is 129 Å². The number of rotatable bonds is 4. The summed E-state index contributed by atoms with van der Waals surface area (Å²) < 4.78 is 5.81. The molecule has 0 N–H and O–H groups in total. The van der Waals surface area contributed by atoms with Gasteiger partial charge in [0.2, 0.25) is 0 Å². The van der Waals surface area contributed by atoms with Crippen LogP contribution in [0.15, 0.2) is 48.5 Å². The van der Waals surface area contributed by atoms with Crippen LogP contribution >= 0.6 is 11.6 Å². The van der Waals surface area contributed by atoms with Gasteiger partial charge in [0.05, 0.1) is 17.2 Å². The highest BCUT2D eigenvalue weighted by Gasteiger charge is 2.01. The van der Waals surface area contributed by atoms with Crippen molar-refractivity contribution in [1.29, 1.82) is 5.26 Å². The van der Waals surface area contributed by atoms with E-state index in [2.05, 4.69) is 17.9 Å². The van der Waals surface area contributed by atoms with E-state index in [1.165, 1.54) is 0 Å². The second-order valence-corrected chi connectivity index (χ2v) is 4.72. The Morgan fingerprint density at radius 2 is 1.95 bits per heavy atom. The van der Waals surface area contributed by atoms with E-state index in [0.29, 0.717) is 24.5 Å². The fraction of sp³-hybridized carbons (Fsp3) is 0.167. The van der Waals surface area contributed by atoms with Gasteiger partial charge in [0.1, 0.15) is 12.4 Å². The van der Waals surface area contributed by atoms with Crippen molar-refractivity contribution in [1.82, 2.24) is 0 Å². The van der Waals surface area contributed by atoms with E-state index in [9.17, 15) is 0 Å². The molecule has 21 heavy (non-hydrogen) atoms. The van der Waals surface area contributed by atoms with E-state index >= 15 is 0 Å². The molecule has 0 aliphatic carbocycles. The maximum atomic E-state index is 8.89. The Morgan fingerprint density at radius 3 is 2.76 bits per heavy atom. The van der Waals surface area contributed by atoms with Gasteiger partial charge in [-0.15, -0.1) is 11.6 Å².